The van der Waals surface area contributed by atoms with Crippen LogP contribution in [0.2, 0.25) is 0 Å². The molecule has 2 aromatic heterocycles. The highest BCUT2D eigenvalue weighted by Gasteiger charge is 2.17. The van der Waals surface area contributed by atoms with Crippen LogP contribution in [0, 0.1) is 0 Å². The number of amides is 2. The molecule has 1 aromatic carbocycles. The first-order chi connectivity index (χ1) is 13.0. The lowest BCUT2D eigenvalue weighted by molar-refractivity contribution is 0.0941. The van der Waals surface area contributed by atoms with Crippen molar-refractivity contribution >= 4 is 28.8 Å². The van der Waals surface area contributed by atoms with Crippen LogP contribution in [0.1, 0.15) is 31.8 Å². The first kappa shape index (κ1) is 18.9. The van der Waals surface area contributed by atoms with Crippen molar-refractivity contribution in [2.24, 2.45) is 0 Å². The van der Waals surface area contributed by atoms with Gasteiger partial charge in [0.05, 0.1) is 12.3 Å². The average Bonchev–Trinajstić information content (AvgIpc) is 3.36. The standard InChI is InChI=1S/C20H21N3O3S/c1-23(2)16(18-6-4-12-27-18)13-21-19(24)14-7-9-15(10-8-14)22-20(25)17-5-3-11-26-17/h3-12,16H,13H2,1-2H3,(H,21,24)(H,22,25). The van der Waals surface area contributed by atoms with Crippen molar-refractivity contribution in [3.63, 3.8) is 0 Å². The summed E-state index contributed by atoms with van der Waals surface area (Å²) in [5.74, 6) is -0.246. The zero-order chi connectivity index (χ0) is 19.2. The van der Waals surface area contributed by atoms with Gasteiger partial charge in [0.1, 0.15) is 0 Å². The van der Waals surface area contributed by atoms with Crippen LogP contribution in [-0.4, -0.2) is 37.4 Å². The predicted octanol–water partition coefficient (Wildman–Crippen LogP) is 3.63. The predicted molar refractivity (Wildman–Crippen MR) is 106 cm³/mol. The fourth-order valence-corrected chi connectivity index (χ4v) is 3.54. The van der Waals surface area contributed by atoms with E-state index in [4.69, 9.17) is 4.42 Å². The van der Waals surface area contributed by atoms with E-state index < -0.39 is 0 Å². The summed E-state index contributed by atoms with van der Waals surface area (Å²) >= 11 is 1.67. The minimum absolute atomic E-state index is 0.126. The third kappa shape index (κ3) is 4.84. The number of rotatable bonds is 7. The van der Waals surface area contributed by atoms with E-state index in [1.54, 1.807) is 47.7 Å². The molecule has 2 N–H and O–H groups in total. The van der Waals surface area contributed by atoms with Crippen LogP contribution in [0.15, 0.2) is 64.6 Å². The first-order valence-corrected chi connectivity index (χ1v) is 9.35. The summed E-state index contributed by atoms with van der Waals surface area (Å²) in [4.78, 5) is 27.7. The second kappa shape index (κ2) is 8.66. The molecule has 1 unspecified atom stereocenters. The van der Waals surface area contributed by atoms with Crippen LogP contribution in [0.25, 0.3) is 0 Å². The molecule has 0 aliphatic heterocycles. The van der Waals surface area contributed by atoms with Crippen molar-refractivity contribution in [2.45, 2.75) is 6.04 Å². The number of hydrogen-bond acceptors (Lipinski definition) is 5. The molecule has 140 valence electrons. The molecule has 0 bridgehead atoms. The zero-order valence-corrected chi connectivity index (χ0v) is 16.0. The van der Waals surface area contributed by atoms with Crippen LogP contribution in [0.4, 0.5) is 5.69 Å². The Balaban J connectivity index is 1.58. The highest BCUT2D eigenvalue weighted by molar-refractivity contribution is 7.10. The Morgan fingerprint density at radius 1 is 1.07 bits per heavy atom. The molecule has 0 aliphatic carbocycles. The van der Waals surface area contributed by atoms with Gasteiger partial charge in [-0.05, 0) is 61.9 Å². The van der Waals surface area contributed by atoms with Crippen molar-refractivity contribution in [1.29, 1.82) is 0 Å². The number of hydrogen-bond donors (Lipinski definition) is 2. The van der Waals surface area contributed by atoms with E-state index >= 15 is 0 Å². The number of carbonyl (C=O) groups excluding carboxylic acids is 2. The third-order valence-corrected chi connectivity index (χ3v) is 5.07. The summed E-state index contributed by atoms with van der Waals surface area (Å²) in [5.41, 5.74) is 1.13. The van der Waals surface area contributed by atoms with E-state index in [-0.39, 0.29) is 23.6 Å². The molecule has 7 heteroatoms. The van der Waals surface area contributed by atoms with Gasteiger partial charge in [-0.25, -0.2) is 0 Å². The van der Waals surface area contributed by atoms with Gasteiger partial charge < -0.3 is 20.0 Å². The minimum Gasteiger partial charge on any atom is -0.459 e. The van der Waals surface area contributed by atoms with Crippen LogP contribution < -0.4 is 10.6 Å². The maximum atomic E-state index is 12.4. The minimum atomic E-state index is -0.332. The third-order valence-electron chi connectivity index (χ3n) is 4.10. The molecule has 0 saturated carbocycles. The Kier molecular flexibility index (Phi) is 6.05. The Labute approximate surface area is 161 Å². The molecule has 1 atom stereocenters. The second-order valence-corrected chi connectivity index (χ2v) is 7.19. The molecule has 3 aromatic rings. The van der Waals surface area contributed by atoms with Gasteiger partial charge in [-0.15, -0.1) is 11.3 Å². The summed E-state index contributed by atoms with van der Waals surface area (Å²) in [6, 6.07) is 14.2. The quantitative estimate of drug-likeness (QED) is 0.653. The lowest BCUT2D eigenvalue weighted by Crippen LogP contribution is -2.34. The largest absolute Gasteiger partial charge is 0.459 e. The highest BCUT2D eigenvalue weighted by atomic mass is 32.1. The molecular formula is C20H21N3O3S. The normalized spacial score (nSPS) is 12.0. The molecule has 27 heavy (non-hydrogen) atoms. The van der Waals surface area contributed by atoms with E-state index in [0.717, 1.165) is 0 Å². The lowest BCUT2D eigenvalue weighted by atomic mass is 10.1. The zero-order valence-electron chi connectivity index (χ0n) is 15.1. The number of carbonyl (C=O) groups is 2. The van der Waals surface area contributed by atoms with Gasteiger partial charge in [0, 0.05) is 22.7 Å². The molecule has 0 aliphatic rings. The van der Waals surface area contributed by atoms with Crippen LogP contribution in [0.3, 0.4) is 0 Å². The van der Waals surface area contributed by atoms with Crippen LogP contribution in [-0.2, 0) is 0 Å². The summed E-state index contributed by atoms with van der Waals surface area (Å²) in [6.07, 6.45) is 1.44. The number of furan rings is 1. The molecule has 2 amide bonds. The number of anilines is 1. The highest BCUT2D eigenvalue weighted by Crippen LogP contribution is 2.22. The van der Waals surface area contributed by atoms with Crippen molar-refractivity contribution in [3.8, 4) is 0 Å². The molecule has 0 radical (unpaired) electrons. The monoisotopic (exact) mass is 383 g/mol. The Morgan fingerprint density at radius 3 is 2.44 bits per heavy atom. The first-order valence-electron chi connectivity index (χ1n) is 8.47. The van der Waals surface area contributed by atoms with Gasteiger partial charge in [0.2, 0.25) is 0 Å². The number of thiophene rings is 1. The summed E-state index contributed by atoms with van der Waals surface area (Å²) < 4.78 is 5.05. The summed E-state index contributed by atoms with van der Waals surface area (Å²) in [6.45, 7) is 0.517. The smallest absolute Gasteiger partial charge is 0.291 e. The fraction of sp³-hybridized carbons (Fsp3) is 0.200. The van der Waals surface area contributed by atoms with Crippen molar-refractivity contribution in [2.75, 3.05) is 26.0 Å². The summed E-state index contributed by atoms with van der Waals surface area (Å²) in [7, 11) is 3.99. The van der Waals surface area contributed by atoms with Crippen LogP contribution in [0.5, 0.6) is 0 Å². The molecule has 3 rings (SSSR count). The number of nitrogens with zero attached hydrogens (tertiary/aromatic N) is 1. The van der Waals surface area contributed by atoms with E-state index in [1.807, 2.05) is 25.5 Å². The van der Waals surface area contributed by atoms with Gasteiger partial charge in [-0.1, -0.05) is 6.07 Å². The van der Waals surface area contributed by atoms with Crippen molar-refractivity contribution < 1.29 is 14.0 Å². The molecule has 0 spiro atoms. The van der Waals surface area contributed by atoms with Crippen molar-refractivity contribution in [1.82, 2.24) is 10.2 Å². The maximum absolute atomic E-state index is 12.4. The summed E-state index contributed by atoms with van der Waals surface area (Å²) in [5, 5.41) is 7.73. The van der Waals surface area contributed by atoms with Gasteiger partial charge in [0.25, 0.3) is 11.8 Å². The van der Waals surface area contributed by atoms with E-state index in [1.165, 1.54) is 11.1 Å². The Morgan fingerprint density at radius 2 is 1.85 bits per heavy atom. The topological polar surface area (TPSA) is 74.6 Å². The van der Waals surface area contributed by atoms with Gasteiger partial charge in [0.15, 0.2) is 5.76 Å². The van der Waals surface area contributed by atoms with E-state index in [2.05, 4.69) is 21.6 Å². The SMILES string of the molecule is CN(C)C(CNC(=O)c1ccc(NC(=O)c2ccco2)cc1)c1cccs1. The molecule has 0 fully saturated rings. The molecular weight excluding hydrogens is 362 g/mol. The number of likely N-dealkylation sites (N-methyl/N-ethyl adjacent to an activating group) is 1. The van der Waals surface area contributed by atoms with Crippen molar-refractivity contribution in [3.05, 3.63) is 76.4 Å². The molecule has 0 saturated heterocycles. The van der Waals surface area contributed by atoms with Gasteiger partial charge in [-0.2, -0.15) is 0 Å². The van der Waals surface area contributed by atoms with E-state index in [0.29, 0.717) is 17.8 Å². The van der Waals surface area contributed by atoms with Gasteiger partial charge >= 0.3 is 0 Å². The maximum Gasteiger partial charge on any atom is 0.291 e. The number of benzene rings is 1. The molecule has 6 nitrogen and oxygen atoms in total. The lowest BCUT2D eigenvalue weighted by Gasteiger charge is -2.23. The van der Waals surface area contributed by atoms with E-state index in [9.17, 15) is 9.59 Å². The number of nitrogens with one attached hydrogen (secondary N) is 2. The van der Waals surface area contributed by atoms with Gasteiger partial charge in [-0.3, -0.25) is 9.59 Å². The fourth-order valence-electron chi connectivity index (χ4n) is 2.62. The molecule has 2 heterocycles. The van der Waals surface area contributed by atoms with Crippen LogP contribution >= 0.6 is 11.3 Å². The second-order valence-electron chi connectivity index (χ2n) is 6.21. The Bertz CT molecular complexity index is 872. The average molecular weight is 383 g/mol. The Hall–Kier alpha value is -2.90.